The summed E-state index contributed by atoms with van der Waals surface area (Å²) in [5, 5.41) is 1.05. The van der Waals surface area contributed by atoms with E-state index in [2.05, 4.69) is 45.7 Å². The van der Waals surface area contributed by atoms with Crippen LogP contribution in [0.3, 0.4) is 0 Å². The van der Waals surface area contributed by atoms with Gasteiger partial charge in [-0.15, -0.1) is 0 Å². The van der Waals surface area contributed by atoms with Crippen molar-refractivity contribution in [2.75, 3.05) is 0 Å². The first-order valence-electron chi connectivity index (χ1n) is 7.46. The Kier molecular flexibility index (Phi) is 2.36. The van der Waals surface area contributed by atoms with Gasteiger partial charge in [-0.1, -0.05) is 12.1 Å². The highest BCUT2D eigenvalue weighted by Crippen LogP contribution is 2.31. The molecule has 0 N–H and O–H groups in total. The van der Waals surface area contributed by atoms with Gasteiger partial charge in [0.25, 0.3) is 0 Å². The first-order chi connectivity index (χ1) is 11.3. The number of aromatic nitrogens is 5. The molecule has 110 valence electrons. The molecule has 0 radical (unpaired) electrons. The fourth-order valence-corrected chi connectivity index (χ4v) is 3.19. The molecule has 0 aliphatic rings. The molecular formula is C18H13N5. The van der Waals surface area contributed by atoms with E-state index in [0.717, 1.165) is 33.4 Å². The van der Waals surface area contributed by atoms with Crippen LogP contribution in [0.4, 0.5) is 0 Å². The van der Waals surface area contributed by atoms with E-state index >= 15 is 0 Å². The van der Waals surface area contributed by atoms with Gasteiger partial charge < -0.3 is 0 Å². The molecule has 0 spiro atoms. The Balaban J connectivity index is 2.06. The van der Waals surface area contributed by atoms with Crippen molar-refractivity contribution < 1.29 is 0 Å². The number of benzene rings is 1. The molecule has 0 saturated carbocycles. The summed E-state index contributed by atoms with van der Waals surface area (Å²) in [7, 11) is 0. The van der Waals surface area contributed by atoms with Gasteiger partial charge in [0.15, 0.2) is 5.65 Å². The summed E-state index contributed by atoms with van der Waals surface area (Å²) >= 11 is 0. The molecular weight excluding hydrogens is 286 g/mol. The smallest absolute Gasteiger partial charge is 0.152 e. The lowest BCUT2D eigenvalue weighted by Gasteiger charge is -2.08. The van der Waals surface area contributed by atoms with E-state index in [1.54, 1.807) is 6.20 Å². The van der Waals surface area contributed by atoms with Gasteiger partial charge in [-0.2, -0.15) is 0 Å². The van der Waals surface area contributed by atoms with Crippen molar-refractivity contribution in [3.05, 3.63) is 66.9 Å². The highest BCUT2D eigenvalue weighted by atomic mass is 15.2. The quantitative estimate of drug-likeness (QED) is 0.476. The maximum atomic E-state index is 4.77. The fourth-order valence-electron chi connectivity index (χ4n) is 3.19. The molecule has 5 heteroatoms. The van der Waals surface area contributed by atoms with Crippen LogP contribution in [-0.4, -0.2) is 23.9 Å². The lowest BCUT2D eigenvalue weighted by molar-refractivity contribution is 1.05. The van der Waals surface area contributed by atoms with Crippen molar-refractivity contribution in [2.45, 2.75) is 6.92 Å². The molecule has 5 nitrogen and oxygen atoms in total. The van der Waals surface area contributed by atoms with Crippen LogP contribution in [0, 0.1) is 6.92 Å². The predicted octanol–water partition coefficient (Wildman–Crippen LogP) is 3.53. The fraction of sp³-hybridized carbons (Fsp3) is 0.0556. The second-order valence-electron chi connectivity index (χ2n) is 5.66. The molecule has 0 saturated heterocycles. The molecule has 1 aromatic carbocycles. The van der Waals surface area contributed by atoms with Crippen LogP contribution in [0.2, 0.25) is 0 Å². The molecule has 0 fully saturated rings. The van der Waals surface area contributed by atoms with Crippen LogP contribution >= 0.6 is 0 Å². The normalized spacial score (nSPS) is 11.7. The largest absolute Gasteiger partial charge is 0.293 e. The number of hydrogen-bond donors (Lipinski definition) is 0. The van der Waals surface area contributed by atoms with Gasteiger partial charge in [0.1, 0.15) is 17.5 Å². The van der Waals surface area contributed by atoms with Crippen LogP contribution < -0.4 is 0 Å². The minimum Gasteiger partial charge on any atom is -0.293 e. The summed E-state index contributed by atoms with van der Waals surface area (Å²) in [6, 6.07) is 12.4. The Hall–Kier alpha value is -3.21. The molecule has 0 atom stereocenters. The molecule has 4 heterocycles. The minimum atomic E-state index is 0.886. The van der Waals surface area contributed by atoms with Gasteiger partial charge >= 0.3 is 0 Å². The third kappa shape index (κ3) is 1.64. The van der Waals surface area contributed by atoms with Crippen molar-refractivity contribution in [3.8, 4) is 5.69 Å². The molecule has 0 aliphatic carbocycles. The standard InChI is InChI=1S/C18H13N5/c1-12-3-2-4-13(9-12)23-15-5-7-19-10-14(15)17-18(23)22-11-20-8-6-16(22)21-17/h2-11H,1H3. The van der Waals surface area contributed by atoms with E-state index in [4.69, 9.17) is 4.98 Å². The van der Waals surface area contributed by atoms with Gasteiger partial charge in [0, 0.05) is 29.7 Å². The predicted molar refractivity (Wildman–Crippen MR) is 89.9 cm³/mol. The van der Waals surface area contributed by atoms with Crippen molar-refractivity contribution in [1.29, 1.82) is 0 Å². The average Bonchev–Trinajstić information content (AvgIpc) is 3.09. The van der Waals surface area contributed by atoms with Crippen molar-refractivity contribution in [3.63, 3.8) is 0 Å². The summed E-state index contributed by atoms with van der Waals surface area (Å²) in [5.74, 6) is 0. The maximum Gasteiger partial charge on any atom is 0.152 e. The Morgan fingerprint density at radius 3 is 2.83 bits per heavy atom. The summed E-state index contributed by atoms with van der Waals surface area (Å²) in [6.45, 7) is 2.10. The molecule has 0 bridgehead atoms. The summed E-state index contributed by atoms with van der Waals surface area (Å²) in [4.78, 5) is 13.3. The summed E-state index contributed by atoms with van der Waals surface area (Å²) < 4.78 is 4.25. The second-order valence-corrected chi connectivity index (χ2v) is 5.66. The van der Waals surface area contributed by atoms with Crippen molar-refractivity contribution in [2.24, 2.45) is 0 Å². The summed E-state index contributed by atoms with van der Waals surface area (Å²) in [6.07, 6.45) is 7.27. The third-order valence-electron chi connectivity index (χ3n) is 4.17. The lowest BCUT2D eigenvalue weighted by atomic mass is 10.2. The molecule has 5 aromatic rings. The Morgan fingerprint density at radius 2 is 1.91 bits per heavy atom. The third-order valence-corrected chi connectivity index (χ3v) is 4.17. The number of pyridine rings is 1. The van der Waals surface area contributed by atoms with E-state index in [1.165, 1.54) is 5.56 Å². The zero-order valence-corrected chi connectivity index (χ0v) is 12.5. The van der Waals surface area contributed by atoms with Crippen LogP contribution in [0.25, 0.3) is 33.4 Å². The number of imidazole rings is 1. The van der Waals surface area contributed by atoms with Gasteiger partial charge in [-0.05, 0) is 36.8 Å². The monoisotopic (exact) mass is 299 g/mol. The van der Waals surface area contributed by atoms with Gasteiger partial charge in [-0.3, -0.25) is 14.0 Å². The zero-order chi connectivity index (χ0) is 15.4. The molecule has 0 aliphatic heterocycles. The van der Waals surface area contributed by atoms with E-state index in [1.807, 2.05) is 35.3 Å². The first kappa shape index (κ1) is 12.3. The van der Waals surface area contributed by atoms with Gasteiger partial charge in [0.05, 0.1) is 5.52 Å². The van der Waals surface area contributed by atoms with Gasteiger partial charge in [-0.25, -0.2) is 9.97 Å². The number of aryl methyl sites for hydroxylation is 1. The highest BCUT2D eigenvalue weighted by molar-refractivity contribution is 6.06. The Bertz CT molecular complexity index is 1180. The first-order valence-corrected chi connectivity index (χ1v) is 7.46. The minimum absolute atomic E-state index is 0.886. The van der Waals surface area contributed by atoms with Gasteiger partial charge in [0.2, 0.25) is 0 Å². The SMILES string of the molecule is Cc1cccc(-n2c3ccncc3c3nc4ccncn4c32)c1. The number of rotatable bonds is 1. The lowest BCUT2D eigenvalue weighted by Crippen LogP contribution is -1.98. The Labute approximate surface area is 131 Å². The molecule has 4 aromatic heterocycles. The van der Waals surface area contributed by atoms with Crippen LogP contribution in [0.15, 0.2) is 61.3 Å². The molecule has 5 rings (SSSR count). The van der Waals surface area contributed by atoms with Crippen molar-refractivity contribution in [1.82, 2.24) is 23.9 Å². The Morgan fingerprint density at radius 1 is 1.00 bits per heavy atom. The molecule has 0 amide bonds. The zero-order valence-electron chi connectivity index (χ0n) is 12.5. The van der Waals surface area contributed by atoms with Crippen molar-refractivity contribution >= 4 is 27.7 Å². The second kappa shape index (κ2) is 4.39. The number of fused-ring (bicyclic) bond motifs is 5. The number of hydrogen-bond acceptors (Lipinski definition) is 3. The summed E-state index contributed by atoms with van der Waals surface area (Å²) in [5.41, 5.74) is 6.28. The topological polar surface area (TPSA) is 48.0 Å². The van der Waals surface area contributed by atoms with E-state index in [9.17, 15) is 0 Å². The highest BCUT2D eigenvalue weighted by Gasteiger charge is 2.17. The molecule has 0 unspecified atom stereocenters. The maximum absolute atomic E-state index is 4.77. The van der Waals surface area contributed by atoms with E-state index in [0.29, 0.717) is 0 Å². The van der Waals surface area contributed by atoms with Crippen LogP contribution in [0.1, 0.15) is 5.56 Å². The van der Waals surface area contributed by atoms with E-state index < -0.39 is 0 Å². The van der Waals surface area contributed by atoms with Crippen LogP contribution in [0.5, 0.6) is 0 Å². The average molecular weight is 299 g/mol. The van der Waals surface area contributed by atoms with Crippen LogP contribution in [-0.2, 0) is 0 Å². The van der Waals surface area contributed by atoms with E-state index in [-0.39, 0.29) is 0 Å². The molecule has 23 heavy (non-hydrogen) atoms. The number of nitrogens with zero attached hydrogens (tertiary/aromatic N) is 5.